The van der Waals surface area contributed by atoms with Crippen molar-refractivity contribution < 1.29 is 8.42 Å². The molecule has 2 unspecified atom stereocenters. The van der Waals surface area contributed by atoms with Crippen LogP contribution in [0.3, 0.4) is 0 Å². The number of anilines is 1. The van der Waals surface area contributed by atoms with Crippen LogP contribution in [0.2, 0.25) is 0 Å². The number of benzene rings is 1. The van der Waals surface area contributed by atoms with Crippen molar-refractivity contribution in [1.29, 1.82) is 0 Å². The van der Waals surface area contributed by atoms with Gasteiger partial charge in [-0.15, -0.1) is 11.6 Å². The molecule has 0 bridgehead atoms. The predicted molar refractivity (Wildman–Crippen MR) is 79.6 cm³/mol. The van der Waals surface area contributed by atoms with E-state index in [1.165, 1.54) is 12.8 Å². The van der Waals surface area contributed by atoms with Gasteiger partial charge in [0.1, 0.15) is 0 Å². The molecule has 1 fully saturated rings. The highest BCUT2D eigenvalue weighted by Gasteiger charge is 2.26. The Morgan fingerprint density at radius 2 is 1.95 bits per heavy atom. The van der Waals surface area contributed by atoms with E-state index in [4.69, 9.17) is 11.6 Å². The average Bonchev–Trinajstić information content (AvgIpc) is 2.86. The molecule has 1 aromatic rings. The highest BCUT2D eigenvalue weighted by molar-refractivity contribution is 7.91. The summed E-state index contributed by atoms with van der Waals surface area (Å²) in [5, 5.41) is 3.46. The molecule has 0 spiro atoms. The van der Waals surface area contributed by atoms with E-state index in [-0.39, 0.29) is 5.75 Å². The second-order valence-electron chi connectivity index (χ2n) is 5.02. The molecule has 1 saturated carbocycles. The molecule has 3 nitrogen and oxygen atoms in total. The highest BCUT2D eigenvalue weighted by atomic mass is 35.5. The maximum atomic E-state index is 11.7. The van der Waals surface area contributed by atoms with Gasteiger partial charge in [-0.25, -0.2) is 8.42 Å². The van der Waals surface area contributed by atoms with Crippen molar-refractivity contribution >= 4 is 27.1 Å². The van der Waals surface area contributed by atoms with E-state index in [1.54, 1.807) is 19.1 Å². The van der Waals surface area contributed by atoms with E-state index in [2.05, 4.69) is 5.32 Å². The summed E-state index contributed by atoms with van der Waals surface area (Å²) >= 11 is 5.95. The molecule has 1 aromatic carbocycles. The van der Waals surface area contributed by atoms with Crippen molar-refractivity contribution in [3.63, 3.8) is 0 Å². The monoisotopic (exact) mass is 301 g/mol. The molecular weight excluding hydrogens is 282 g/mol. The molecular formula is C14H20ClNO2S. The topological polar surface area (TPSA) is 46.2 Å². The van der Waals surface area contributed by atoms with Crippen LogP contribution in [0.25, 0.3) is 0 Å². The number of hydrogen-bond donors (Lipinski definition) is 1. The quantitative estimate of drug-likeness (QED) is 0.849. The van der Waals surface area contributed by atoms with Crippen LogP contribution in [0.1, 0.15) is 26.2 Å². The van der Waals surface area contributed by atoms with E-state index >= 15 is 0 Å². The van der Waals surface area contributed by atoms with Crippen molar-refractivity contribution in [1.82, 2.24) is 0 Å². The third-order valence-corrected chi connectivity index (χ3v) is 5.95. The van der Waals surface area contributed by atoms with Gasteiger partial charge < -0.3 is 5.32 Å². The van der Waals surface area contributed by atoms with Gasteiger partial charge in [-0.2, -0.15) is 0 Å². The van der Waals surface area contributed by atoms with Gasteiger partial charge in [0.25, 0.3) is 0 Å². The average molecular weight is 302 g/mol. The summed E-state index contributed by atoms with van der Waals surface area (Å²) in [7, 11) is -3.11. The number of alkyl halides is 1. The van der Waals surface area contributed by atoms with Gasteiger partial charge in [0, 0.05) is 17.6 Å². The maximum absolute atomic E-state index is 11.7. The molecule has 1 N–H and O–H groups in total. The first-order chi connectivity index (χ1) is 9.06. The van der Waals surface area contributed by atoms with Crippen LogP contribution in [0.4, 0.5) is 5.69 Å². The van der Waals surface area contributed by atoms with E-state index in [9.17, 15) is 8.42 Å². The molecule has 106 valence electrons. The Hall–Kier alpha value is -0.740. The first kappa shape index (κ1) is 14.7. The Morgan fingerprint density at radius 3 is 2.53 bits per heavy atom. The molecule has 19 heavy (non-hydrogen) atoms. The first-order valence-electron chi connectivity index (χ1n) is 6.72. The predicted octanol–water partition coefficient (Wildman–Crippen LogP) is 3.30. The normalized spacial score (nSPS) is 23.5. The molecule has 0 aliphatic heterocycles. The Balaban J connectivity index is 2.07. The van der Waals surface area contributed by atoms with E-state index in [0.717, 1.165) is 12.1 Å². The minimum absolute atomic E-state index is 0.136. The Labute approximate surface area is 120 Å². The molecule has 0 amide bonds. The molecule has 0 heterocycles. The Bertz CT molecular complexity index is 513. The standard InChI is InChI=1S/C14H20ClNO2S/c1-2-19(17,18)13-8-6-12(7-9-13)16-14-5-3-4-11(14)10-15/h6-9,11,14,16H,2-5,10H2,1H3. The van der Waals surface area contributed by atoms with E-state index in [0.29, 0.717) is 22.7 Å². The summed E-state index contributed by atoms with van der Waals surface area (Å²) in [5.74, 6) is 1.33. The molecule has 1 aliphatic carbocycles. The van der Waals surface area contributed by atoms with Crippen molar-refractivity contribution in [3.8, 4) is 0 Å². The van der Waals surface area contributed by atoms with Gasteiger partial charge in [0.2, 0.25) is 0 Å². The zero-order valence-electron chi connectivity index (χ0n) is 11.1. The van der Waals surface area contributed by atoms with Crippen LogP contribution in [-0.4, -0.2) is 26.1 Å². The second kappa shape index (κ2) is 6.14. The SMILES string of the molecule is CCS(=O)(=O)c1ccc(NC2CCCC2CCl)cc1. The lowest BCUT2D eigenvalue weighted by atomic mass is 10.1. The van der Waals surface area contributed by atoms with Crippen molar-refractivity contribution in [2.24, 2.45) is 5.92 Å². The fraction of sp³-hybridized carbons (Fsp3) is 0.571. The lowest BCUT2D eigenvalue weighted by molar-refractivity contribution is 0.562. The summed E-state index contributed by atoms with van der Waals surface area (Å²) in [6.07, 6.45) is 3.51. The molecule has 5 heteroatoms. The third-order valence-electron chi connectivity index (χ3n) is 3.80. The van der Waals surface area contributed by atoms with Gasteiger partial charge in [0.15, 0.2) is 9.84 Å². The third kappa shape index (κ3) is 3.42. The summed E-state index contributed by atoms with van der Waals surface area (Å²) in [5.41, 5.74) is 0.970. The van der Waals surface area contributed by atoms with Crippen LogP contribution in [0.5, 0.6) is 0 Å². The Kier molecular flexibility index (Phi) is 4.74. The number of sulfone groups is 1. The molecule has 0 saturated heterocycles. The van der Waals surface area contributed by atoms with E-state index in [1.807, 2.05) is 12.1 Å². The van der Waals surface area contributed by atoms with Gasteiger partial charge >= 0.3 is 0 Å². The number of hydrogen-bond acceptors (Lipinski definition) is 3. The minimum Gasteiger partial charge on any atom is -0.382 e. The van der Waals surface area contributed by atoms with Gasteiger partial charge in [-0.1, -0.05) is 13.3 Å². The van der Waals surface area contributed by atoms with Gasteiger partial charge in [-0.3, -0.25) is 0 Å². The lowest BCUT2D eigenvalue weighted by Crippen LogP contribution is -2.24. The number of nitrogens with one attached hydrogen (secondary N) is 1. The summed E-state index contributed by atoms with van der Waals surface area (Å²) in [6, 6.07) is 7.43. The van der Waals surface area contributed by atoms with Crippen LogP contribution in [0, 0.1) is 5.92 Å². The van der Waals surface area contributed by atoms with Crippen molar-refractivity contribution in [2.45, 2.75) is 37.1 Å². The zero-order chi connectivity index (χ0) is 13.9. The fourth-order valence-electron chi connectivity index (χ4n) is 2.55. The van der Waals surface area contributed by atoms with Crippen LogP contribution in [-0.2, 0) is 9.84 Å². The summed E-state index contributed by atoms with van der Waals surface area (Å²) in [4.78, 5) is 0.390. The van der Waals surface area contributed by atoms with Crippen LogP contribution < -0.4 is 5.32 Å². The molecule has 0 aromatic heterocycles. The highest BCUT2D eigenvalue weighted by Crippen LogP contribution is 2.29. The zero-order valence-corrected chi connectivity index (χ0v) is 12.7. The van der Waals surface area contributed by atoms with Crippen LogP contribution in [0.15, 0.2) is 29.2 Å². The lowest BCUT2D eigenvalue weighted by Gasteiger charge is -2.20. The number of halogens is 1. The van der Waals surface area contributed by atoms with Crippen molar-refractivity contribution in [3.05, 3.63) is 24.3 Å². The molecule has 2 atom stereocenters. The molecule has 1 aliphatic rings. The fourth-order valence-corrected chi connectivity index (χ4v) is 3.80. The second-order valence-corrected chi connectivity index (χ2v) is 7.61. The summed E-state index contributed by atoms with van der Waals surface area (Å²) in [6.45, 7) is 1.66. The minimum atomic E-state index is -3.11. The maximum Gasteiger partial charge on any atom is 0.178 e. The number of rotatable bonds is 5. The largest absolute Gasteiger partial charge is 0.382 e. The van der Waals surface area contributed by atoms with Gasteiger partial charge in [-0.05, 0) is 43.0 Å². The first-order valence-corrected chi connectivity index (χ1v) is 8.91. The van der Waals surface area contributed by atoms with E-state index < -0.39 is 9.84 Å². The summed E-state index contributed by atoms with van der Waals surface area (Å²) < 4.78 is 23.4. The molecule has 2 rings (SSSR count). The Morgan fingerprint density at radius 1 is 1.26 bits per heavy atom. The van der Waals surface area contributed by atoms with Gasteiger partial charge in [0.05, 0.1) is 10.6 Å². The smallest absolute Gasteiger partial charge is 0.178 e. The van der Waals surface area contributed by atoms with Crippen LogP contribution >= 0.6 is 11.6 Å². The molecule has 0 radical (unpaired) electrons. The van der Waals surface area contributed by atoms with Crippen molar-refractivity contribution in [2.75, 3.05) is 16.9 Å².